The molecule has 1 aromatic heterocycles. The van der Waals surface area contributed by atoms with Gasteiger partial charge in [-0.2, -0.15) is 0 Å². The van der Waals surface area contributed by atoms with Crippen molar-refractivity contribution < 1.29 is 9.90 Å². The summed E-state index contributed by atoms with van der Waals surface area (Å²) in [6, 6.07) is 7.75. The second-order valence-corrected chi connectivity index (χ2v) is 4.81. The van der Waals surface area contributed by atoms with Crippen molar-refractivity contribution in [2.24, 2.45) is 0 Å². The van der Waals surface area contributed by atoms with E-state index >= 15 is 0 Å². The Kier molecular flexibility index (Phi) is 3.11. The smallest absolute Gasteiger partial charge is 0.309 e. The molecule has 0 saturated heterocycles. The molecule has 1 heterocycles. The predicted molar refractivity (Wildman–Crippen MR) is 68.7 cm³/mol. The molecule has 0 bridgehead atoms. The maximum Gasteiger partial charge on any atom is 0.309 e. The Bertz CT molecular complexity index is 572. The van der Waals surface area contributed by atoms with Gasteiger partial charge in [0.05, 0.1) is 6.42 Å². The molecule has 0 aliphatic carbocycles. The van der Waals surface area contributed by atoms with Crippen LogP contribution in [0.15, 0.2) is 24.3 Å². The minimum Gasteiger partial charge on any atom is -0.481 e. The maximum atomic E-state index is 10.8. The minimum absolute atomic E-state index is 0.0322. The van der Waals surface area contributed by atoms with Crippen molar-refractivity contribution in [3.8, 4) is 0 Å². The van der Waals surface area contributed by atoms with Gasteiger partial charge < -0.3 is 9.67 Å². The van der Waals surface area contributed by atoms with E-state index in [0.717, 1.165) is 16.6 Å². The summed E-state index contributed by atoms with van der Waals surface area (Å²) in [4.78, 5) is 10.8. The summed E-state index contributed by atoms with van der Waals surface area (Å²) >= 11 is 5.94. The van der Waals surface area contributed by atoms with Crippen molar-refractivity contribution in [1.82, 2.24) is 4.57 Å². The van der Waals surface area contributed by atoms with E-state index in [1.54, 1.807) is 0 Å². The van der Waals surface area contributed by atoms with E-state index < -0.39 is 5.97 Å². The standard InChI is InChI=1S/C13H14ClNO2/c1-8(2)15-11(7-13(16)17)6-9-5-10(14)3-4-12(9)15/h3-6,8H,7H2,1-2H3,(H,16,17). The largest absolute Gasteiger partial charge is 0.481 e. The SMILES string of the molecule is CC(C)n1c(CC(=O)O)cc2cc(Cl)ccc21. The Morgan fingerprint density at radius 1 is 1.41 bits per heavy atom. The van der Waals surface area contributed by atoms with Gasteiger partial charge >= 0.3 is 5.97 Å². The Balaban J connectivity index is 2.65. The highest BCUT2D eigenvalue weighted by Gasteiger charge is 2.13. The molecular weight excluding hydrogens is 238 g/mol. The molecule has 0 radical (unpaired) electrons. The predicted octanol–water partition coefficient (Wildman–Crippen LogP) is 3.50. The molecule has 2 rings (SSSR count). The van der Waals surface area contributed by atoms with Crippen LogP contribution in [0.25, 0.3) is 10.9 Å². The van der Waals surface area contributed by atoms with Crippen LogP contribution in [0.4, 0.5) is 0 Å². The number of aliphatic carboxylic acids is 1. The third-order valence-corrected chi connectivity index (χ3v) is 2.96. The van der Waals surface area contributed by atoms with Crippen molar-refractivity contribution in [3.05, 3.63) is 35.0 Å². The monoisotopic (exact) mass is 251 g/mol. The molecular formula is C13H14ClNO2. The Labute approximate surface area is 105 Å². The number of carboxylic acids is 1. The zero-order valence-electron chi connectivity index (χ0n) is 9.77. The highest BCUT2D eigenvalue weighted by molar-refractivity contribution is 6.31. The number of hydrogen-bond donors (Lipinski definition) is 1. The highest BCUT2D eigenvalue weighted by atomic mass is 35.5. The fraction of sp³-hybridized carbons (Fsp3) is 0.308. The van der Waals surface area contributed by atoms with E-state index in [1.165, 1.54) is 0 Å². The molecule has 0 aliphatic rings. The van der Waals surface area contributed by atoms with Crippen LogP contribution >= 0.6 is 11.6 Å². The van der Waals surface area contributed by atoms with Gasteiger partial charge in [-0.05, 0) is 38.1 Å². The fourth-order valence-corrected chi connectivity index (χ4v) is 2.35. The molecule has 0 amide bonds. The quantitative estimate of drug-likeness (QED) is 0.907. The first-order chi connectivity index (χ1) is 7.99. The van der Waals surface area contributed by atoms with Crippen molar-refractivity contribution in [2.75, 3.05) is 0 Å². The molecule has 3 nitrogen and oxygen atoms in total. The Hall–Kier alpha value is -1.48. The lowest BCUT2D eigenvalue weighted by Gasteiger charge is -2.13. The average Bonchev–Trinajstić information content (AvgIpc) is 2.53. The second-order valence-electron chi connectivity index (χ2n) is 4.37. The highest BCUT2D eigenvalue weighted by Crippen LogP contribution is 2.27. The number of rotatable bonds is 3. The zero-order valence-corrected chi connectivity index (χ0v) is 10.5. The summed E-state index contributed by atoms with van der Waals surface area (Å²) in [6.07, 6.45) is 0.0322. The van der Waals surface area contributed by atoms with Crippen LogP contribution in [-0.4, -0.2) is 15.6 Å². The maximum absolute atomic E-state index is 10.8. The normalized spacial score (nSPS) is 11.3. The van der Waals surface area contributed by atoms with Gasteiger partial charge in [-0.1, -0.05) is 11.6 Å². The van der Waals surface area contributed by atoms with Crippen LogP contribution in [0, 0.1) is 0 Å². The summed E-state index contributed by atoms with van der Waals surface area (Å²) in [5.41, 5.74) is 1.84. The fourth-order valence-electron chi connectivity index (χ4n) is 2.17. The number of aromatic nitrogens is 1. The van der Waals surface area contributed by atoms with Gasteiger partial charge in [0.2, 0.25) is 0 Å². The summed E-state index contributed by atoms with van der Waals surface area (Å²) in [7, 11) is 0. The van der Waals surface area contributed by atoms with Crippen LogP contribution in [0.5, 0.6) is 0 Å². The first-order valence-corrected chi connectivity index (χ1v) is 5.88. The molecule has 0 aliphatic heterocycles. The molecule has 0 saturated carbocycles. The van der Waals surface area contributed by atoms with Gasteiger partial charge in [0.1, 0.15) is 0 Å². The molecule has 90 valence electrons. The van der Waals surface area contributed by atoms with Crippen LogP contribution < -0.4 is 0 Å². The third kappa shape index (κ3) is 2.29. The number of carbonyl (C=O) groups is 1. The first-order valence-electron chi connectivity index (χ1n) is 5.50. The van der Waals surface area contributed by atoms with E-state index in [4.69, 9.17) is 16.7 Å². The number of fused-ring (bicyclic) bond motifs is 1. The topological polar surface area (TPSA) is 42.2 Å². The Morgan fingerprint density at radius 2 is 2.12 bits per heavy atom. The summed E-state index contributed by atoms with van der Waals surface area (Å²) in [6.45, 7) is 4.08. The molecule has 0 fully saturated rings. The summed E-state index contributed by atoms with van der Waals surface area (Å²) in [5.74, 6) is -0.819. The van der Waals surface area contributed by atoms with Crippen molar-refractivity contribution >= 4 is 28.5 Å². The van der Waals surface area contributed by atoms with E-state index in [9.17, 15) is 4.79 Å². The molecule has 0 atom stereocenters. The van der Waals surface area contributed by atoms with Crippen molar-refractivity contribution in [3.63, 3.8) is 0 Å². The van der Waals surface area contributed by atoms with Crippen molar-refractivity contribution in [1.29, 1.82) is 0 Å². The van der Waals surface area contributed by atoms with Gasteiger partial charge in [-0.3, -0.25) is 4.79 Å². The van der Waals surface area contributed by atoms with Gasteiger partial charge in [-0.15, -0.1) is 0 Å². The molecule has 17 heavy (non-hydrogen) atoms. The van der Waals surface area contributed by atoms with Crippen molar-refractivity contribution in [2.45, 2.75) is 26.3 Å². The average molecular weight is 252 g/mol. The van der Waals surface area contributed by atoms with Gasteiger partial charge in [0.25, 0.3) is 0 Å². The lowest BCUT2D eigenvalue weighted by molar-refractivity contribution is -0.136. The van der Waals surface area contributed by atoms with Gasteiger partial charge in [0, 0.05) is 27.7 Å². The number of halogens is 1. The van der Waals surface area contributed by atoms with E-state index in [2.05, 4.69) is 0 Å². The molecule has 0 spiro atoms. The van der Waals surface area contributed by atoms with E-state index in [1.807, 2.05) is 42.7 Å². The molecule has 0 unspecified atom stereocenters. The molecule has 1 aromatic carbocycles. The van der Waals surface area contributed by atoms with E-state index in [-0.39, 0.29) is 12.5 Å². The molecule has 2 aromatic rings. The zero-order chi connectivity index (χ0) is 12.6. The molecule has 1 N–H and O–H groups in total. The lowest BCUT2D eigenvalue weighted by Crippen LogP contribution is -2.09. The number of carboxylic acid groups (broad SMARTS) is 1. The van der Waals surface area contributed by atoms with Crippen LogP contribution in [-0.2, 0) is 11.2 Å². The van der Waals surface area contributed by atoms with Crippen LogP contribution in [0.2, 0.25) is 5.02 Å². The van der Waals surface area contributed by atoms with Crippen LogP contribution in [0.1, 0.15) is 25.6 Å². The van der Waals surface area contributed by atoms with Gasteiger partial charge in [0.15, 0.2) is 0 Å². The summed E-state index contributed by atoms with van der Waals surface area (Å²) in [5, 5.41) is 10.6. The van der Waals surface area contributed by atoms with Gasteiger partial charge in [-0.25, -0.2) is 0 Å². The molecule has 4 heteroatoms. The third-order valence-electron chi connectivity index (χ3n) is 2.73. The van der Waals surface area contributed by atoms with E-state index in [0.29, 0.717) is 5.02 Å². The number of nitrogens with zero attached hydrogens (tertiary/aromatic N) is 1. The minimum atomic E-state index is -0.819. The van der Waals surface area contributed by atoms with Crippen LogP contribution in [0.3, 0.4) is 0 Å². The Morgan fingerprint density at radius 3 is 2.71 bits per heavy atom. The first kappa shape index (κ1) is 12.0. The lowest BCUT2D eigenvalue weighted by atomic mass is 10.2. The number of hydrogen-bond acceptors (Lipinski definition) is 1. The summed E-state index contributed by atoms with van der Waals surface area (Å²) < 4.78 is 2.04. The number of benzene rings is 1. The second kappa shape index (κ2) is 4.41.